The number of carbonyl (C=O) groups is 1. The Morgan fingerprint density at radius 1 is 1.19 bits per heavy atom. The van der Waals surface area contributed by atoms with E-state index in [2.05, 4.69) is 34.7 Å². The van der Waals surface area contributed by atoms with Gasteiger partial charge in [0.2, 0.25) is 0 Å². The Balaban J connectivity index is 0.00000625. The van der Waals surface area contributed by atoms with E-state index in [1.807, 2.05) is 32.9 Å². The lowest BCUT2D eigenvalue weighted by Gasteiger charge is -2.20. The summed E-state index contributed by atoms with van der Waals surface area (Å²) in [6.07, 6.45) is 0.944. The van der Waals surface area contributed by atoms with Crippen molar-refractivity contribution in [1.29, 1.82) is 0 Å². The molecule has 0 saturated carbocycles. The summed E-state index contributed by atoms with van der Waals surface area (Å²) in [4.78, 5) is 15.8. The van der Waals surface area contributed by atoms with Crippen LogP contribution in [0.15, 0.2) is 29.3 Å². The number of methoxy groups -OCH3 is 1. The molecule has 148 valence electrons. The molecular weight excluding hydrogens is 445 g/mol. The summed E-state index contributed by atoms with van der Waals surface area (Å²) in [6.45, 7) is 8.56. The van der Waals surface area contributed by atoms with Gasteiger partial charge >= 0.3 is 5.97 Å². The minimum atomic E-state index is -0.483. The predicted molar refractivity (Wildman–Crippen MR) is 117 cm³/mol. The van der Waals surface area contributed by atoms with Gasteiger partial charge in [-0.3, -0.25) is 9.79 Å². The first kappa shape index (κ1) is 24.5. The van der Waals surface area contributed by atoms with E-state index in [0.29, 0.717) is 11.9 Å². The highest BCUT2D eigenvalue weighted by molar-refractivity contribution is 14.0. The number of rotatable bonds is 7. The minimum Gasteiger partial charge on any atom is -0.497 e. The maximum absolute atomic E-state index is 11.7. The third kappa shape index (κ3) is 9.84. The van der Waals surface area contributed by atoms with E-state index in [1.165, 1.54) is 5.56 Å². The average Bonchev–Trinajstić information content (AvgIpc) is 2.56. The van der Waals surface area contributed by atoms with Crippen LogP contribution in [0.4, 0.5) is 0 Å². The number of hydrogen-bond donors (Lipinski definition) is 2. The van der Waals surface area contributed by atoms with Gasteiger partial charge in [0.25, 0.3) is 0 Å². The first-order valence-electron chi connectivity index (χ1n) is 8.55. The largest absolute Gasteiger partial charge is 0.497 e. The molecule has 0 aliphatic heterocycles. The summed E-state index contributed by atoms with van der Waals surface area (Å²) in [5.41, 5.74) is 0.781. The Bertz CT molecular complexity index is 568. The second kappa shape index (κ2) is 12.0. The molecule has 0 aromatic heterocycles. The van der Waals surface area contributed by atoms with Gasteiger partial charge in [-0.15, -0.1) is 24.0 Å². The summed E-state index contributed by atoms with van der Waals surface area (Å²) in [5.74, 6) is 1.55. The zero-order chi connectivity index (χ0) is 18.9. The van der Waals surface area contributed by atoms with Gasteiger partial charge in [-0.2, -0.15) is 0 Å². The zero-order valence-electron chi connectivity index (χ0n) is 16.6. The number of aliphatic imine (C=N–C) groups is 1. The van der Waals surface area contributed by atoms with Crippen LogP contribution < -0.4 is 15.4 Å². The van der Waals surface area contributed by atoms with Crippen LogP contribution in [0.5, 0.6) is 5.75 Å². The standard InChI is InChI=1S/C19H31N3O3.HI/c1-14(15-7-9-16(24-6)10-8-15)11-12-21-18(20-5)22-13-17(23)25-19(2,3)4;/h7-10,14H,11-13H2,1-6H3,(H2,20,21,22);1H. The molecule has 1 atom stereocenters. The molecule has 0 aliphatic rings. The average molecular weight is 477 g/mol. The van der Waals surface area contributed by atoms with Crippen molar-refractivity contribution in [3.63, 3.8) is 0 Å². The fourth-order valence-corrected chi connectivity index (χ4v) is 2.26. The molecule has 0 heterocycles. The Hall–Kier alpha value is -1.51. The van der Waals surface area contributed by atoms with Crippen LogP contribution in [0.1, 0.15) is 45.6 Å². The van der Waals surface area contributed by atoms with E-state index in [-0.39, 0.29) is 36.5 Å². The van der Waals surface area contributed by atoms with Gasteiger partial charge in [-0.25, -0.2) is 0 Å². The van der Waals surface area contributed by atoms with Crippen molar-refractivity contribution < 1.29 is 14.3 Å². The zero-order valence-corrected chi connectivity index (χ0v) is 18.9. The van der Waals surface area contributed by atoms with Crippen LogP contribution in [-0.2, 0) is 9.53 Å². The molecule has 1 aromatic rings. The Morgan fingerprint density at radius 2 is 1.81 bits per heavy atom. The molecule has 0 fully saturated rings. The van der Waals surface area contributed by atoms with E-state index in [1.54, 1.807) is 14.2 Å². The fourth-order valence-electron chi connectivity index (χ4n) is 2.26. The van der Waals surface area contributed by atoms with Crippen LogP contribution >= 0.6 is 24.0 Å². The van der Waals surface area contributed by atoms with E-state index in [4.69, 9.17) is 9.47 Å². The molecule has 0 aliphatic carbocycles. The lowest BCUT2D eigenvalue weighted by Crippen LogP contribution is -2.42. The molecule has 2 N–H and O–H groups in total. The van der Waals surface area contributed by atoms with Crippen molar-refractivity contribution >= 4 is 35.9 Å². The lowest BCUT2D eigenvalue weighted by atomic mass is 9.98. The monoisotopic (exact) mass is 477 g/mol. The summed E-state index contributed by atoms with van der Waals surface area (Å²) < 4.78 is 10.4. The number of halogens is 1. The number of carbonyl (C=O) groups excluding carboxylic acids is 1. The van der Waals surface area contributed by atoms with Crippen LogP contribution in [0.25, 0.3) is 0 Å². The first-order valence-corrected chi connectivity index (χ1v) is 8.55. The SMILES string of the molecule is CN=C(NCCC(C)c1ccc(OC)cc1)NCC(=O)OC(C)(C)C.I. The normalized spacial score (nSPS) is 12.6. The summed E-state index contributed by atoms with van der Waals surface area (Å²) in [5, 5.41) is 6.19. The summed E-state index contributed by atoms with van der Waals surface area (Å²) in [6, 6.07) is 8.11. The number of nitrogens with one attached hydrogen (secondary N) is 2. The third-order valence-electron chi connectivity index (χ3n) is 3.60. The molecule has 7 heteroatoms. The van der Waals surface area contributed by atoms with Crippen LogP contribution in [-0.4, -0.2) is 44.8 Å². The number of hydrogen-bond acceptors (Lipinski definition) is 4. The Kier molecular flexibility index (Phi) is 11.3. The van der Waals surface area contributed by atoms with E-state index >= 15 is 0 Å². The van der Waals surface area contributed by atoms with Gasteiger partial charge in [0.1, 0.15) is 17.9 Å². The van der Waals surface area contributed by atoms with Crippen molar-refractivity contribution in [3.05, 3.63) is 29.8 Å². The molecule has 0 amide bonds. The number of guanidine groups is 1. The van der Waals surface area contributed by atoms with Crippen LogP contribution in [0.3, 0.4) is 0 Å². The van der Waals surface area contributed by atoms with Crippen molar-refractivity contribution in [3.8, 4) is 5.75 Å². The molecule has 1 unspecified atom stereocenters. The molecule has 0 spiro atoms. The third-order valence-corrected chi connectivity index (χ3v) is 3.60. The summed E-state index contributed by atoms with van der Waals surface area (Å²) >= 11 is 0. The quantitative estimate of drug-likeness (QED) is 0.273. The highest BCUT2D eigenvalue weighted by atomic mass is 127. The molecule has 26 heavy (non-hydrogen) atoms. The Labute approximate surface area is 174 Å². The molecule has 0 saturated heterocycles. The van der Waals surface area contributed by atoms with Gasteiger partial charge in [-0.1, -0.05) is 19.1 Å². The second-order valence-corrected chi connectivity index (χ2v) is 6.90. The smallest absolute Gasteiger partial charge is 0.325 e. The van der Waals surface area contributed by atoms with Gasteiger partial charge in [-0.05, 0) is 50.8 Å². The van der Waals surface area contributed by atoms with Gasteiger partial charge < -0.3 is 20.1 Å². The molecule has 1 aromatic carbocycles. The molecule has 1 rings (SSSR count). The van der Waals surface area contributed by atoms with Crippen molar-refractivity contribution in [1.82, 2.24) is 10.6 Å². The molecule has 0 bridgehead atoms. The van der Waals surface area contributed by atoms with E-state index < -0.39 is 5.60 Å². The topological polar surface area (TPSA) is 72.0 Å². The summed E-state index contributed by atoms with van der Waals surface area (Å²) in [7, 11) is 3.34. The fraction of sp³-hybridized carbons (Fsp3) is 0.579. The molecular formula is C19H32IN3O3. The highest BCUT2D eigenvalue weighted by Crippen LogP contribution is 2.21. The van der Waals surface area contributed by atoms with Crippen molar-refractivity contribution in [2.75, 3.05) is 27.2 Å². The van der Waals surface area contributed by atoms with E-state index in [0.717, 1.165) is 18.7 Å². The van der Waals surface area contributed by atoms with E-state index in [9.17, 15) is 4.79 Å². The number of esters is 1. The Morgan fingerprint density at radius 3 is 2.31 bits per heavy atom. The minimum absolute atomic E-state index is 0. The van der Waals surface area contributed by atoms with Crippen molar-refractivity contribution in [2.24, 2.45) is 4.99 Å². The second-order valence-electron chi connectivity index (χ2n) is 6.90. The van der Waals surface area contributed by atoms with Gasteiger partial charge in [0.15, 0.2) is 5.96 Å². The molecule has 0 radical (unpaired) electrons. The lowest BCUT2D eigenvalue weighted by molar-refractivity contribution is -0.153. The van der Waals surface area contributed by atoms with Gasteiger partial charge in [0.05, 0.1) is 7.11 Å². The number of ether oxygens (including phenoxy) is 2. The number of benzene rings is 1. The van der Waals surface area contributed by atoms with Crippen LogP contribution in [0.2, 0.25) is 0 Å². The molecule has 6 nitrogen and oxygen atoms in total. The maximum Gasteiger partial charge on any atom is 0.325 e. The van der Waals surface area contributed by atoms with Gasteiger partial charge in [0, 0.05) is 13.6 Å². The highest BCUT2D eigenvalue weighted by Gasteiger charge is 2.16. The van der Waals surface area contributed by atoms with Crippen molar-refractivity contribution in [2.45, 2.75) is 45.6 Å². The number of nitrogens with zero attached hydrogens (tertiary/aromatic N) is 1. The predicted octanol–water partition coefficient (Wildman–Crippen LogP) is 3.31. The maximum atomic E-state index is 11.7. The first-order chi connectivity index (χ1) is 11.7. The van der Waals surface area contributed by atoms with Crippen LogP contribution in [0, 0.1) is 0 Å².